The molecule has 8 N–H and O–H groups in total. The Hall–Kier alpha value is -0.0400. The summed E-state index contributed by atoms with van der Waals surface area (Å²) in [5.74, 6) is 0. The first-order valence-corrected chi connectivity index (χ1v) is 9.54. The molecule has 2 unspecified atom stereocenters. The standard InChI is InChI=1S/C5H14NO13P3/c6-5(9,1-2-7)4(8)3-17-21(13,14)19-22(15,16)18-20(10,11)12/h2,4,8-9H,1,3,6H2,(H,13,14)(H,15,16)(H2,10,11,12)/t4-,5+/m1/s1. The molecule has 0 aliphatic heterocycles. The molecule has 0 aliphatic rings. The number of carbonyl (C=O) groups is 1. The zero-order chi connectivity index (χ0) is 17.8. The second-order valence-electron chi connectivity index (χ2n) is 3.76. The van der Waals surface area contributed by atoms with E-state index in [0.29, 0.717) is 0 Å². The summed E-state index contributed by atoms with van der Waals surface area (Å²) in [4.78, 5) is 44.6. The molecule has 0 spiro atoms. The van der Waals surface area contributed by atoms with Gasteiger partial charge in [0.1, 0.15) is 18.1 Å². The lowest BCUT2D eigenvalue weighted by Gasteiger charge is -2.27. The second-order valence-corrected chi connectivity index (χ2v) is 8.18. The van der Waals surface area contributed by atoms with E-state index in [-0.39, 0.29) is 6.29 Å². The first-order valence-electron chi connectivity index (χ1n) is 5.01. The van der Waals surface area contributed by atoms with Gasteiger partial charge in [-0.1, -0.05) is 0 Å². The van der Waals surface area contributed by atoms with E-state index in [1.807, 2.05) is 0 Å². The first-order chi connectivity index (χ1) is 9.60. The number of rotatable bonds is 10. The third-order valence-corrected chi connectivity index (χ3v) is 5.60. The SMILES string of the molecule is N[C@](O)(CC=O)[C@H](O)COP(=O)(O)OP(=O)(O)OP(=O)(O)O. The van der Waals surface area contributed by atoms with E-state index < -0.39 is 48.3 Å². The van der Waals surface area contributed by atoms with E-state index >= 15 is 0 Å². The largest absolute Gasteiger partial charge is 0.490 e. The number of phosphoric acid groups is 3. The highest BCUT2D eigenvalue weighted by atomic mass is 31.3. The summed E-state index contributed by atoms with van der Waals surface area (Å²) in [6.45, 7) is -1.23. The molecule has 14 nitrogen and oxygen atoms in total. The number of hydrogen-bond donors (Lipinski definition) is 7. The molecule has 22 heavy (non-hydrogen) atoms. The van der Waals surface area contributed by atoms with E-state index in [9.17, 15) is 28.7 Å². The molecule has 0 saturated carbocycles. The van der Waals surface area contributed by atoms with Crippen molar-refractivity contribution in [3.8, 4) is 0 Å². The molecular weight excluding hydrogens is 375 g/mol. The summed E-state index contributed by atoms with van der Waals surface area (Å²) >= 11 is 0. The summed E-state index contributed by atoms with van der Waals surface area (Å²) in [5, 5.41) is 18.7. The van der Waals surface area contributed by atoms with Gasteiger partial charge in [0.25, 0.3) is 0 Å². The summed E-state index contributed by atoms with van der Waals surface area (Å²) in [5.41, 5.74) is 2.54. The predicted molar refractivity (Wildman–Crippen MR) is 65.6 cm³/mol. The van der Waals surface area contributed by atoms with E-state index in [0.717, 1.165) is 0 Å². The molecule has 0 aromatic heterocycles. The van der Waals surface area contributed by atoms with Crippen molar-refractivity contribution in [1.82, 2.24) is 0 Å². The van der Waals surface area contributed by atoms with Crippen molar-refractivity contribution in [3.05, 3.63) is 0 Å². The van der Waals surface area contributed by atoms with E-state index in [4.69, 9.17) is 25.3 Å². The summed E-state index contributed by atoms with van der Waals surface area (Å²) in [7, 11) is -16.6. The van der Waals surface area contributed by atoms with E-state index in [1.165, 1.54) is 0 Å². The molecule has 0 aromatic carbocycles. The van der Waals surface area contributed by atoms with Crippen molar-refractivity contribution in [3.63, 3.8) is 0 Å². The van der Waals surface area contributed by atoms with Crippen LogP contribution in [0.3, 0.4) is 0 Å². The number of aldehydes is 1. The van der Waals surface area contributed by atoms with Gasteiger partial charge in [-0.15, -0.1) is 0 Å². The van der Waals surface area contributed by atoms with Crippen LogP contribution in [0, 0.1) is 0 Å². The fourth-order valence-corrected chi connectivity index (χ4v) is 3.91. The monoisotopic (exact) mass is 389 g/mol. The van der Waals surface area contributed by atoms with Gasteiger partial charge in [-0.2, -0.15) is 8.62 Å². The van der Waals surface area contributed by atoms with Crippen LogP contribution in [0.15, 0.2) is 0 Å². The predicted octanol–water partition coefficient (Wildman–Crippen LogP) is -2.07. The van der Waals surface area contributed by atoms with Crippen molar-refractivity contribution >= 4 is 29.8 Å². The van der Waals surface area contributed by atoms with Crippen molar-refractivity contribution in [2.75, 3.05) is 6.61 Å². The molecule has 132 valence electrons. The Morgan fingerprint density at radius 3 is 2.00 bits per heavy atom. The number of aliphatic hydroxyl groups is 2. The number of carbonyl (C=O) groups excluding carboxylic acids is 1. The Kier molecular flexibility index (Phi) is 7.67. The van der Waals surface area contributed by atoms with Crippen molar-refractivity contribution < 1.29 is 61.4 Å². The summed E-state index contributed by atoms with van der Waals surface area (Å²) in [6, 6.07) is 0. The lowest BCUT2D eigenvalue weighted by molar-refractivity contribution is -0.123. The highest BCUT2D eigenvalue weighted by molar-refractivity contribution is 7.66. The molecule has 0 bridgehead atoms. The molecule has 0 aliphatic carbocycles. The third-order valence-electron chi connectivity index (χ3n) is 1.80. The number of nitrogens with two attached hydrogens (primary N) is 1. The maximum absolute atomic E-state index is 11.2. The van der Waals surface area contributed by atoms with Crippen LogP contribution in [0.1, 0.15) is 6.42 Å². The van der Waals surface area contributed by atoms with Crippen molar-refractivity contribution in [2.24, 2.45) is 5.73 Å². The van der Waals surface area contributed by atoms with Gasteiger partial charge in [-0.3, -0.25) is 4.52 Å². The van der Waals surface area contributed by atoms with Crippen molar-refractivity contribution in [1.29, 1.82) is 0 Å². The molecule has 4 atom stereocenters. The Labute approximate surface area is 122 Å². The van der Waals surface area contributed by atoms with Crippen LogP contribution in [0.2, 0.25) is 0 Å². The van der Waals surface area contributed by atoms with Gasteiger partial charge in [0.2, 0.25) is 0 Å². The Balaban J connectivity index is 4.72. The maximum Gasteiger partial charge on any atom is 0.490 e. The lowest BCUT2D eigenvalue weighted by Crippen LogP contribution is -2.53. The Morgan fingerprint density at radius 1 is 1.09 bits per heavy atom. The molecular formula is C5H14NO13P3. The van der Waals surface area contributed by atoms with Gasteiger partial charge >= 0.3 is 23.5 Å². The fraction of sp³-hybridized carbons (Fsp3) is 0.800. The van der Waals surface area contributed by atoms with Crippen molar-refractivity contribution in [2.45, 2.75) is 18.2 Å². The smallest absolute Gasteiger partial charge is 0.386 e. The van der Waals surface area contributed by atoms with Crippen LogP contribution in [0.5, 0.6) is 0 Å². The zero-order valence-electron chi connectivity index (χ0n) is 10.5. The van der Waals surface area contributed by atoms with Gasteiger partial charge < -0.3 is 40.3 Å². The van der Waals surface area contributed by atoms with Crippen LogP contribution in [0.4, 0.5) is 0 Å². The van der Waals surface area contributed by atoms with Crippen LogP contribution in [0.25, 0.3) is 0 Å². The topological polar surface area (TPSA) is 243 Å². The quantitative estimate of drug-likeness (QED) is 0.120. The average Bonchev–Trinajstić information content (AvgIpc) is 2.20. The number of hydrogen-bond acceptors (Lipinski definition) is 10. The van der Waals surface area contributed by atoms with Crippen LogP contribution in [-0.2, 0) is 31.6 Å². The normalized spacial score (nSPS) is 22.1. The minimum atomic E-state index is -5.68. The number of aliphatic hydroxyl groups excluding tert-OH is 1. The van der Waals surface area contributed by atoms with Gasteiger partial charge in [-0.25, -0.2) is 13.7 Å². The number of phosphoric ester groups is 1. The van der Waals surface area contributed by atoms with Crippen LogP contribution in [-0.4, -0.2) is 54.5 Å². The molecule has 0 heterocycles. The molecule has 0 amide bonds. The fourth-order valence-electron chi connectivity index (χ4n) is 0.882. The maximum atomic E-state index is 11.2. The van der Waals surface area contributed by atoms with Gasteiger partial charge in [-0.05, 0) is 0 Å². The van der Waals surface area contributed by atoms with E-state index in [2.05, 4.69) is 13.1 Å². The Morgan fingerprint density at radius 2 is 1.59 bits per heavy atom. The molecule has 0 saturated heterocycles. The highest BCUT2D eigenvalue weighted by Gasteiger charge is 2.42. The summed E-state index contributed by atoms with van der Waals surface area (Å²) < 4.78 is 43.3. The minimum Gasteiger partial charge on any atom is -0.386 e. The highest BCUT2D eigenvalue weighted by Crippen LogP contribution is 2.66. The summed E-state index contributed by atoms with van der Waals surface area (Å²) in [6.07, 6.45) is -2.72. The van der Waals surface area contributed by atoms with Crippen LogP contribution < -0.4 is 5.73 Å². The van der Waals surface area contributed by atoms with Gasteiger partial charge in [0.05, 0.1) is 6.61 Å². The molecule has 17 heteroatoms. The molecule has 0 fully saturated rings. The first kappa shape index (κ1) is 22.0. The second kappa shape index (κ2) is 7.69. The Bertz CT molecular complexity index is 526. The molecule has 0 aromatic rings. The zero-order valence-corrected chi connectivity index (χ0v) is 13.2. The molecule has 0 rings (SSSR count). The van der Waals surface area contributed by atoms with Crippen LogP contribution >= 0.6 is 23.5 Å². The minimum absolute atomic E-state index is 0.133. The lowest BCUT2D eigenvalue weighted by atomic mass is 10.1. The van der Waals surface area contributed by atoms with E-state index in [1.54, 1.807) is 0 Å². The van der Waals surface area contributed by atoms with Gasteiger partial charge in [0.15, 0.2) is 0 Å². The third kappa shape index (κ3) is 9.18. The van der Waals surface area contributed by atoms with Gasteiger partial charge in [0, 0.05) is 6.42 Å². The molecule has 0 radical (unpaired) electrons. The average molecular weight is 389 g/mol.